The molecule has 33 heavy (non-hydrogen) atoms. The molecule has 0 radical (unpaired) electrons. The van der Waals surface area contributed by atoms with Gasteiger partial charge < -0.3 is 15.8 Å². The number of benzene rings is 1. The van der Waals surface area contributed by atoms with Crippen LogP contribution >= 0.6 is 9.24 Å². The number of rotatable bonds is 8. The van der Waals surface area contributed by atoms with E-state index in [1.54, 1.807) is 19.9 Å². The smallest absolute Gasteiger partial charge is 0.541 e. The minimum absolute atomic E-state index is 0. The van der Waals surface area contributed by atoms with Gasteiger partial charge in [-0.1, -0.05) is 65.5 Å². The molecule has 1 atom stereocenters. The van der Waals surface area contributed by atoms with Crippen LogP contribution in [0.25, 0.3) is 0 Å². The number of nitrogen functional groups attached to an aromatic ring is 1. The van der Waals surface area contributed by atoms with E-state index < -0.39 is 5.41 Å². The maximum absolute atomic E-state index is 13.2. The van der Waals surface area contributed by atoms with E-state index in [1.807, 2.05) is 19.3 Å². The van der Waals surface area contributed by atoms with E-state index in [9.17, 15) is 9.18 Å². The van der Waals surface area contributed by atoms with Crippen LogP contribution in [0.1, 0.15) is 78.0 Å². The molecule has 0 aliphatic carbocycles. The first-order chi connectivity index (χ1) is 15.1. The molecule has 1 heterocycles. The first-order valence-electron chi connectivity index (χ1n) is 10.9. The largest absolute Gasteiger partial charge is 1.00 e. The Morgan fingerprint density at radius 1 is 1.21 bits per heavy atom. The van der Waals surface area contributed by atoms with Gasteiger partial charge in [-0.25, -0.2) is 9.37 Å². The molecule has 0 amide bonds. The quantitative estimate of drug-likeness (QED) is 0.253. The van der Waals surface area contributed by atoms with E-state index in [0.717, 1.165) is 5.30 Å². The number of halogens is 1. The van der Waals surface area contributed by atoms with E-state index in [2.05, 4.69) is 39.5 Å². The van der Waals surface area contributed by atoms with Crippen LogP contribution in [0, 0.1) is 23.2 Å². The van der Waals surface area contributed by atoms with Crippen LogP contribution in [0.15, 0.2) is 24.4 Å². The van der Waals surface area contributed by atoms with Gasteiger partial charge in [0.2, 0.25) is 0 Å². The second-order valence-electron chi connectivity index (χ2n) is 7.76. The molecule has 2 aromatic rings. The summed E-state index contributed by atoms with van der Waals surface area (Å²) in [5, 5.41) is 12.1. The molecule has 0 saturated heterocycles. The Morgan fingerprint density at radius 2 is 1.82 bits per heavy atom. The minimum Gasteiger partial charge on any atom is -0.541 e. The van der Waals surface area contributed by atoms with Gasteiger partial charge in [0, 0.05) is 17.7 Å². The van der Waals surface area contributed by atoms with Crippen molar-refractivity contribution in [2.75, 3.05) is 17.6 Å². The summed E-state index contributed by atoms with van der Waals surface area (Å²) < 4.78 is 13.2. The van der Waals surface area contributed by atoms with Gasteiger partial charge in [0.1, 0.15) is 11.8 Å². The first-order valence-corrected chi connectivity index (χ1v) is 11.5. The van der Waals surface area contributed by atoms with Crippen molar-refractivity contribution in [3.05, 3.63) is 47.5 Å². The standard InChI is InChI=1S/C12H14FNO.C7H16.C6H6N3P.K/c1-4-14-11-6-9(5-10(13)7-11)12(2,3)8-15;1-3-5-7-6-4-2;7-2-5-6(10)1-4(8)3-9-5;/h5,7,14H,4H2,1-3H3;3-7H2,1-2H3;1,3H,8,10H2;/q-2;;;+1. The third kappa shape index (κ3) is 14.9. The summed E-state index contributed by atoms with van der Waals surface area (Å²) in [5.74, 6) is -0.372. The van der Waals surface area contributed by atoms with E-state index in [1.165, 1.54) is 50.4 Å². The molecule has 8 heteroatoms. The maximum Gasteiger partial charge on any atom is 1.00 e. The Bertz CT molecular complexity index is 868. The van der Waals surface area contributed by atoms with Crippen molar-refractivity contribution in [2.24, 2.45) is 0 Å². The van der Waals surface area contributed by atoms with Gasteiger partial charge in [0.25, 0.3) is 0 Å². The van der Waals surface area contributed by atoms with Crippen molar-refractivity contribution in [2.45, 2.75) is 72.1 Å². The number of anilines is 2. The summed E-state index contributed by atoms with van der Waals surface area (Å²) in [6.45, 7) is 10.5. The topological polar surface area (TPSA) is 91.8 Å². The molecule has 0 aliphatic rings. The van der Waals surface area contributed by atoms with Gasteiger partial charge in [-0.05, 0) is 13.0 Å². The number of nitriles is 1. The van der Waals surface area contributed by atoms with Crippen molar-refractivity contribution in [3.63, 3.8) is 0 Å². The first kappa shape index (κ1) is 34.3. The Morgan fingerprint density at radius 3 is 2.27 bits per heavy atom. The number of hydrogen-bond donors (Lipinski definition) is 2. The molecule has 1 aromatic carbocycles. The molecule has 0 bridgehead atoms. The molecule has 1 aromatic heterocycles. The van der Waals surface area contributed by atoms with Crippen LogP contribution in [0.3, 0.4) is 0 Å². The number of hydrogen-bond acceptors (Lipinski definition) is 5. The number of unbranched alkanes of at least 4 members (excludes halogenated alkanes) is 4. The molecule has 3 N–H and O–H groups in total. The second kappa shape index (κ2) is 19.4. The molecular formula is C25H36FKN4OP-. The maximum atomic E-state index is 13.2. The fourth-order valence-electron chi connectivity index (χ4n) is 2.48. The van der Waals surface area contributed by atoms with Gasteiger partial charge in [-0.2, -0.15) is 16.9 Å². The third-order valence-corrected chi connectivity index (χ3v) is 4.82. The molecule has 1 unspecified atom stereocenters. The summed E-state index contributed by atoms with van der Waals surface area (Å²) in [4.78, 5) is 14.5. The SMILES string of the molecule is CCCCCCC.CCNc1[c-]c(C(C)(C)[C-]=O)cc(F)c1.N#Cc1ncc(N)cc1P.[K+]. The molecule has 176 valence electrons. The molecule has 0 spiro atoms. The summed E-state index contributed by atoms with van der Waals surface area (Å²) in [6, 6.07) is 9.26. The number of carbonyl (C=O) groups excluding carboxylic acids is 1. The number of pyridine rings is 1. The normalized spacial score (nSPS) is 9.76. The van der Waals surface area contributed by atoms with Gasteiger partial charge in [-0.15, -0.1) is 26.8 Å². The fraction of sp³-hybridized carbons (Fsp3) is 0.480. The van der Waals surface area contributed by atoms with Gasteiger partial charge in [0.15, 0.2) is 0 Å². The molecule has 5 nitrogen and oxygen atoms in total. The molecule has 0 fully saturated rings. The summed E-state index contributed by atoms with van der Waals surface area (Å²) in [6.07, 6.45) is 10.4. The zero-order valence-electron chi connectivity index (χ0n) is 20.9. The van der Waals surface area contributed by atoms with E-state index in [4.69, 9.17) is 11.0 Å². The molecule has 0 aliphatic heterocycles. The van der Waals surface area contributed by atoms with Crippen LogP contribution < -0.4 is 67.7 Å². The van der Waals surface area contributed by atoms with Crippen molar-refractivity contribution in [1.29, 1.82) is 5.26 Å². The van der Waals surface area contributed by atoms with Crippen molar-refractivity contribution in [1.82, 2.24) is 4.98 Å². The van der Waals surface area contributed by atoms with Gasteiger partial charge in [0.05, 0.1) is 11.9 Å². The number of nitrogens with one attached hydrogen (secondary N) is 1. The Hall–Kier alpha value is -0.874. The number of nitrogens with zero attached hydrogens (tertiary/aromatic N) is 2. The van der Waals surface area contributed by atoms with Crippen molar-refractivity contribution in [3.8, 4) is 6.07 Å². The van der Waals surface area contributed by atoms with Crippen LogP contribution in [0.4, 0.5) is 15.8 Å². The van der Waals surface area contributed by atoms with E-state index >= 15 is 0 Å². The van der Waals surface area contributed by atoms with Crippen LogP contribution in [-0.4, -0.2) is 17.8 Å². The van der Waals surface area contributed by atoms with Crippen molar-refractivity contribution < 1.29 is 60.6 Å². The van der Waals surface area contributed by atoms with Crippen molar-refractivity contribution >= 4 is 32.2 Å². The monoisotopic (exact) mass is 497 g/mol. The Kier molecular flexibility index (Phi) is 20.2. The number of nitrogens with two attached hydrogens (primary N) is 1. The predicted octanol–water partition coefficient (Wildman–Crippen LogP) is 2.46. The minimum atomic E-state index is -0.827. The summed E-state index contributed by atoms with van der Waals surface area (Å²) in [5.41, 5.74) is 6.62. The van der Waals surface area contributed by atoms with Crippen LogP contribution in [-0.2, 0) is 10.2 Å². The molecule has 2 rings (SSSR count). The average Bonchev–Trinajstić information content (AvgIpc) is 2.75. The zero-order valence-corrected chi connectivity index (χ0v) is 25.2. The Balaban J connectivity index is 0. The van der Waals surface area contributed by atoms with Gasteiger partial charge >= 0.3 is 51.4 Å². The Labute approximate surface area is 244 Å². The average molecular weight is 498 g/mol. The summed E-state index contributed by atoms with van der Waals surface area (Å²) >= 11 is 0. The number of aromatic nitrogens is 1. The predicted molar refractivity (Wildman–Crippen MR) is 135 cm³/mol. The third-order valence-electron chi connectivity index (χ3n) is 4.38. The van der Waals surface area contributed by atoms with E-state index in [-0.39, 0.29) is 57.2 Å². The second-order valence-corrected chi connectivity index (χ2v) is 8.38. The van der Waals surface area contributed by atoms with Crippen LogP contribution in [0.2, 0.25) is 0 Å². The zero-order chi connectivity index (χ0) is 24.6. The van der Waals surface area contributed by atoms with Gasteiger partial charge in [-0.3, -0.25) is 6.29 Å². The molecule has 0 saturated carbocycles. The fourth-order valence-corrected chi connectivity index (χ4v) is 2.81. The van der Waals surface area contributed by atoms with E-state index in [0.29, 0.717) is 29.2 Å². The van der Waals surface area contributed by atoms with Crippen LogP contribution in [0.5, 0.6) is 0 Å². The summed E-state index contributed by atoms with van der Waals surface area (Å²) in [7, 11) is 2.40. The molecular weight excluding hydrogens is 461 g/mol.